The molecular formula is C10H23NO2. The van der Waals surface area contributed by atoms with Crippen molar-refractivity contribution in [2.75, 3.05) is 34.0 Å². The topological polar surface area (TPSA) is 30.5 Å². The fourth-order valence-corrected chi connectivity index (χ4v) is 1.13. The Morgan fingerprint density at radius 2 is 2.08 bits per heavy atom. The minimum Gasteiger partial charge on any atom is -0.382 e. The van der Waals surface area contributed by atoms with Crippen molar-refractivity contribution in [1.29, 1.82) is 0 Å². The molecule has 0 radical (unpaired) electrons. The Balaban J connectivity index is 3.25. The monoisotopic (exact) mass is 189 g/mol. The van der Waals surface area contributed by atoms with Gasteiger partial charge in [-0.1, -0.05) is 19.8 Å². The first-order valence-electron chi connectivity index (χ1n) is 5.09. The second-order valence-corrected chi connectivity index (χ2v) is 3.20. The average molecular weight is 189 g/mol. The highest BCUT2D eigenvalue weighted by atomic mass is 16.5. The molecule has 0 saturated heterocycles. The molecule has 0 aliphatic rings. The predicted molar refractivity (Wildman–Crippen MR) is 55.1 cm³/mol. The van der Waals surface area contributed by atoms with E-state index in [9.17, 15) is 0 Å². The van der Waals surface area contributed by atoms with Crippen LogP contribution < -0.4 is 5.32 Å². The van der Waals surface area contributed by atoms with Gasteiger partial charge in [0.1, 0.15) is 0 Å². The second kappa shape index (κ2) is 9.96. The van der Waals surface area contributed by atoms with E-state index < -0.39 is 0 Å². The number of ether oxygens (including phenoxy) is 2. The average Bonchev–Trinajstić information content (AvgIpc) is 2.17. The maximum absolute atomic E-state index is 5.44. The number of nitrogens with one attached hydrogen (secondary N) is 1. The molecule has 3 heteroatoms. The van der Waals surface area contributed by atoms with Gasteiger partial charge in [0.25, 0.3) is 0 Å². The van der Waals surface area contributed by atoms with E-state index in [-0.39, 0.29) is 0 Å². The summed E-state index contributed by atoms with van der Waals surface area (Å²) >= 11 is 0. The van der Waals surface area contributed by atoms with E-state index in [1.54, 1.807) is 7.11 Å². The van der Waals surface area contributed by atoms with Crippen LogP contribution in [0, 0.1) is 0 Å². The van der Waals surface area contributed by atoms with E-state index in [0.717, 1.165) is 6.61 Å². The second-order valence-electron chi connectivity index (χ2n) is 3.20. The number of methoxy groups -OCH3 is 1. The molecule has 80 valence electrons. The van der Waals surface area contributed by atoms with Gasteiger partial charge < -0.3 is 14.8 Å². The predicted octanol–water partition coefficient (Wildman–Crippen LogP) is 1.43. The Morgan fingerprint density at radius 1 is 1.31 bits per heavy atom. The third-order valence-corrected chi connectivity index (χ3v) is 2.07. The number of hydrogen-bond donors (Lipinski definition) is 1. The molecule has 0 aromatic carbocycles. The molecule has 13 heavy (non-hydrogen) atoms. The first-order valence-corrected chi connectivity index (χ1v) is 5.09. The van der Waals surface area contributed by atoms with Crippen LogP contribution in [0.25, 0.3) is 0 Å². The maximum atomic E-state index is 5.44. The summed E-state index contributed by atoms with van der Waals surface area (Å²) in [6.07, 6.45) is 3.70. The van der Waals surface area contributed by atoms with Gasteiger partial charge in [-0.3, -0.25) is 0 Å². The third kappa shape index (κ3) is 8.22. The van der Waals surface area contributed by atoms with E-state index in [2.05, 4.69) is 12.2 Å². The molecule has 0 aromatic heterocycles. The van der Waals surface area contributed by atoms with Crippen molar-refractivity contribution in [3.63, 3.8) is 0 Å². The maximum Gasteiger partial charge on any atom is 0.0701 e. The van der Waals surface area contributed by atoms with Gasteiger partial charge in [-0.2, -0.15) is 0 Å². The molecule has 0 aliphatic carbocycles. The fourth-order valence-electron chi connectivity index (χ4n) is 1.13. The summed E-state index contributed by atoms with van der Waals surface area (Å²) in [5.41, 5.74) is 0. The van der Waals surface area contributed by atoms with Crippen LogP contribution in [0.4, 0.5) is 0 Å². The fraction of sp³-hybridized carbons (Fsp3) is 1.00. The Hall–Kier alpha value is -0.120. The molecule has 0 heterocycles. The molecule has 1 N–H and O–H groups in total. The van der Waals surface area contributed by atoms with Crippen LogP contribution in [-0.4, -0.2) is 40.0 Å². The molecule has 0 fully saturated rings. The standard InChI is InChI=1S/C10H23NO2/c1-4-5-6-10(11-2)9-13-8-7-12-3/h10-11H,4-9H2,1-3H3. The van der Waals surface area contributed by atoms with E-state index in [1.807, 2.05) is 7.05 Å². The summed E-state index contributed by atoms with van der Waals surface area (Å²) < 4.78 is 10.3. The van der Waals surface area contributed by atoms with Crippen molar-refractivity contribution in [1.82, 2.24) is 5.32 Å². The van der Waals surface area contributed by atoms with Crippen LogP contribution in [0.1, 0.15) is 26.2 Å². The smallest absolute Gasteiger partial charge is 0.0701 e. The molecule has 3 nitrogen and oxygen atoms in total. The zero-order valence-corrected chi connectivity index (χ0v) is 9.14. The molecule has 0 spiro atoms. The highest BCUT2D eigenvalue weighted by Gasteiger charge is 2.04. The normalized spacial score (nSPS) is 13.2. The highest BCUT2D eigenvalue weighted by Crippen LogP contribution is 2.00. The summed E-state index contributed by atoms with van der Waals surface area (Å²) in [6, 6.07) is 0.497. The number of unbranched alkanes of at least 4 members (excludes halogenated alkanes) is 1. The van der Waals surface area contributed by atoms with Crippen molar-refractivity contribution in [2.24, 2.45) is 0 Å². The van der Waals surface area contributed by atoms with E-state index in [1.165, 1.54) is 19.3 Å². The van der Waals surface area contributed by atoms with E-state index in [4.69, 9.17) is 9.47 Å². The SMILES string of the molecule is CCCCC(COCCOC)NC. The Labute approximate surface area is 81.8 Å². The van der Waals surface area contributed by atoms with Crippen LogP contribution in [0.15, 0.2) is 0 Å². The molecular weight excluding hydrogens is 166 g/mol. The van der Waals surface area contributed by atoms with Crippen LogP contribution in [0.5, 0.6) is 0 Å². The molecule has 0 aromatic rings. The van der Waals surface area contributed by atoms with Gasteiger partial charge in [0, 0.05) is 13.2 Å². The van der Waals surface area contributed by atoms with Crippen LogP contribution >= 0.6 is 0 Å². The molecule has 0 amide bonds. The number of hydrogen-bond acceptors (Lipinski definition) is 3. The number of rotatable bonds is 9. The number of likely N-dealkylation sites (N-methyl/N-ethyl adjacent to an activating group) is 1. The minimum atomic E-state index is 0.497. The van der Waals surface area contributed by atoms with Gasteiger partial charge in [0.15, 0.2) is 0 Å². The summed E-state index contributed by atoms with van der Waals surface area (Å²) in [6.45, 7) is 4.38. The lowest BCUT2D eigenvalue weighted by molar-refractivity contribution is 0.0583. The van der Waals surface area contributed by atoms with Gasteiger partial charge in [-0.25, -0.2) is 0 Å². The molecule has 0 saturated carbocycles. The van der Waals surface area contributed by atoms with Crippen molar-refractivity contribution in [3.05, 3.63) is 0 Å². The molecule has 1 atom stereocenters. The highest BCUT2D eigenvalue weighted by molar-refractivity contribution is 4.62. The van der Waals surface area contributed by atoms with Gasteiger partial charge in [-0.15, -0.1) is 0 Å². The molecule has 0 bridgehead atoms. The largest absolute Gasteiger partial charge is 0.382 e. The van der Waals surface area contributed by atoms with Crippen molar-refractivity contribution >= 4 is 0 Å². The molecule has 0 aliphatic heterocycles. The quantitative estimate of drug-likeness (QED) is 0.557. The third-order valence-electron chi connectivity index (χ3n) is 2.07. The Kier molecular flexibility index (Phi) is 9.87. The summed E-state index contributed by atoms with van der Waals surface area (Å²) in [4.78, 5) is 0. The lowest BCUT2D eigenvalue weighted by Crippen LogP contribution is -2.30. The van der Waals surface area contributed by atoms with Gasteiger partial charge in [0.2, 0.25) is 0 Å². The minimum absolute atomic E-state index is 0.497. The lowest BCUT2D eigenvalue weighted by Gasteiger charge is -2.15. The molecule has 1 unspecified atom stereocenters. The summed E-state index contributed by atoms with van der Waals surface area (Å²) in [5.74, 6) is 0. The molecule has 0 rings (SSSR count). The van der Waals surface area contributed by atoms with E-state index in [0.29, 0.717) is 19.3 Å². The van der Waals surface area contributed by atoms with Gasteiger partial charge >= 0.3 is 0 Å². The first kappa shape index (κ1) is 12.9. The zero-order valence-electron chi connectivity index (χ0n) is 9.14. The van der Waals surface area contributed by atoms with Crippen LogP contribution in [-0.2, 0) is 9.47 Å². The van der Waals surface area contributed by atoms with Crippen molar-refractivity contribution in [2.45, 2.75) is 32.2 Å². The Morgan fingerprint density at radius 3 is 2.62 bits per heavy atom. The Bertz CT molecular complexity index is 98.9. The van der Waals surface area contributed by atoms with Crippen molar-refractivity contribution < 1.29 is 9.47 Å². The van der Waals surface area contributed by atoms with Gasteiger partial charge in [0.05, 0.1) is 19.8 Å². The van der Waals surface area contributed by atoms with E-state index >= 15 is 0 Å². The lowest BCUT2D eigenvalue weighted by atomic mass is 10.1. The van der Waals surface area contributed by atoms with Gasteiger partial charge in [-0.05, 0) is 13.5 Å². The zero-order chi connectivity index (χ0) is 9.94. The van der Waals surface area contributed by atoms with Crippen LogP contribution in [0.2, 0.25) is 0 Å². The summed E-state index contributed by atoms with van der Waals surface area (Å²) in [7, 11) is 3.68. The van der Waals surface area contributed by atoms with Crippen molar-refractivity contribution in [3.8, 4) is 0 Å². The van der Waals surface area contributed by atoms with Crippen LogP contribution in [0.3, 0.4) is 0 Å². The summed E-state index contributed by atoms with van der Waals surface area (Å²) in [5, 5.41) is 3.25. The first-order chi connectivity index (χ1) is 6.35.